The minimum atomic E-state index is -2.48. The fourth-order valence-corrected chi connectivity index (χ4v) is 1.66. The Labute approximate surface area is 70.2 Å². The number of alkyl halides is 2. The average molecular weight is 168 g/mol. The number of halogens is 2. The maximum absolute atomic E-state index is 12.9. The lowest BCUT2D eigenvalue weighted by Crippen LogP contribution is -2.25. The van der Waals surface area contributed by atoms with Gasteiger partial charge in [0.25, 0.3) is 5.92 Å². The molecule has 0 saturated carbocycles. The van der Waals surface area contributed by atoms with Crippen LogP contribution in [0.3, 0.4) is 0 Å². The van der Waals surface area contributed by atoms with Crippen molar-refractivity contribution in [2.24, 2.45) is 0 Å². The normalized spacial score (nSPS) is 20.2. The standard InChI is InChI=1S/C10H10F2/c11-10(12)6-5-8-3-1-2-4-9(8)7-10/h1-4H,5-7H2. The third kappa shape index (κ3) is 1.33. The highest BCUT2D eigenvalue weighted by atomic mass is 19.3. The van der Waals surface area contributed by atoms with Crippen LogP contribution in [0.2, 0.25) is 0 Å². The lowest BCUT2D eigenvalue weighted by atomic mass is 9.89. The number of benzene rings is 1. The molecule has 1 aliphatic carbocycles. The zero-order chi connectivity index (χ0) is 8.60. The minimum absolute atomic E-state index is 0.00398. The second kappa shape index (κ2) is 2.54. The van der Waals surface area contributed by atoms with Crippen molar-refractivity contribution in [3.63, 3.8) is 0 Å². The van der Waals surface area contributed by atoms with E-state index in [9.17, 15) is 8.78 Å². The van der Waals surface area contributed by atoms with E-state index < -0.39 is 5.92 Å². The monoisotopic (exact) mass is 168 g/mol. The van der Waals surface area contributed by atoms with Crippen molar-refractivity contribution >= 4 is 0 Å². The van der Waals surface area contributed by atoms with Crippen LogP contribution >= 0.6 is 0 Å². The molecular formula is C10H10F2. The second-order valence-electron chi connectivity index (χ2n) is 3.30. The Morgan fingerprint density at radius 1 is 1.08 bits per heavy atom. The molecule has 0 fully saturated rings. The maximum atomic E-state index is 12.9. The SMILES string of the molecule is FC1(F)CCc2ccccc2C1. The highest BCUT2D eigenvalue weighted by molar-refractivity contribution is 5.30. The van der Waals surface area contributed by atoms with Gasteiger partial charge in [-0.25, -0.2) is 8.78 Å². The first-order chi connectivity index (χ1) is 5.67. The lowest BCUT2D eigenvalue weighted by Gasteiger charge is -2.23. The van der Waals surface area contributed by atoms with E-state index in [4.69, 9.17) is 0 Å². The van der Waals surface area contributed by atoms with Crippen LogP contribution in [0.4, 0.5) is 8.78 Å². The number of rotatable bonds is 0. The van der Waals surface area contributed by atoms with Gasteiger partial charge in [0, 0.05) is 12.8 Å². The fourth-order valence-electron chi connectivity index (χ4n) is 1.66. The lowest BCUT2D eigenvalue weighted by molar-refractivity contribution is -0.0122. The third-order valence-corrected chi connectivity index (χ3v) is 2.33. The van der Waals surface area contributed by atoms with Crippen LogP contribution in [0.1, 0.15) is 17.5 Å². The molecule has 0 saturated heterocycles. The molecule has 1 aliphatic rings. The predicted octanol–water partition coefficient (Wildman–Crippen LogP) is 2.81. The Kier molecular flexibility index (Phi) is 1.63. The molecule has 0 nitrogen and oxygen atoms in total. The van der Waals surface area contributed by atoms with Gasteiger partial charge < -0.3 is 0 Å². The number of hydrogen-bond acceptors (Lipinski definition) is 0. The largest absolute Gasteiger partial charge is 0.252 e. The van der Waals surface area contributed by atoms with Crippen LogP contribution in [-0.2, 0) is 12.8 Å². The molecule has 0 atom stereocenters. The molecule has 0 heterocycles. The summed E-state index contributed by atoms with van der Waals surface area (Å²) in [5.41, 5.74) is 1.90. The van der Waals surface area contributed by atoms with Crippen LogP contribution in [0, 0.1) is 0 Å². The summed E-state index contributed by atoms with van der Waals surface area (Å²) in [5.74, 6) is -2.48. The van der Waals surface area contributed by atoms with Gasteiger partial charge in [0.2, 0.25) is 0 Å². The van der Waals surface area contributed by atoms with Crippen LogP contribution in [0.25, 0.3) is 0 Å². The molecule has 0 aromatic heterocycles. The number of fused-ring (bicyclic) bond motifs is 1. The van der Waals surface area contributed by atoms with Gasteiger partial charge in [0.15, 0.2) is 0 Å². The Hall–Kier alpha value is -0.920. The van der Waals surface area contributed by atoms with Crippen molar-refractivity contribution in [2.75, 3.05) is 0 Å². The summed E-state index contributed by atoms with van der Waals surface area (Å²) >= 11 is 0. The van der Waals surface area contributed by atoms with Crippen LogP contribution in [-0.4, -0.2) is 5.92 Å². The van der Waals surface area contributed by atoms with E-state index >= 15 is 0 Å². The van der Waals surface area contributed by atoms with Crippen molar-refractivity contribution in [1.82, 2.24) is 0 Å². The summed E-state index contributed by atoms with van der Waals surface area (Å²) in [6.07, 6.45) is 0.441. The quantitative estimate of drug-likeness (QED) is 0.558. The molecule has 0 bridgehead atoms. The highest BCUT2D eigenvalue weighted by Crippen LogP contribution is 2.32. The molecule has 0 aliphatic heterocycles. The second-order valence-corrected chi connectivity index (χ2v) is 3.30. The first-order valence-corrected chi connectivity index (χ1v) is 4.12. The van der Waals surface area contributed by atoms with Crippen molar-refractivity contribution in [3.05, 3.63) is 35.4 Å². The van der Waals surface area contributed by atoms with E-state index in [1.807, 2.05) is 18.2 Å². The molecule has 1 aromatic carbocycles. The van der Waals surface area contributed by atoms with Crippen molar-refractivity contribution in [3.8, 4) is 0 Å². The van der Waals surface area contributed by atoms with Gasteiger partial charge in [-0.15, -0.1) is 0 Å². The topological polar surface area (TPSA) is 0 Å². The zero-order valence-electron chi connectivity index (χ0n) is 6.69. The predicted molar refractivity (Wildman–Crippen MR) is 43.4 cm³/mol. The van der Waals surface area contributed by atoms with Gasteiger partial charge in [-0.3, -0.25) is 0 Å². The van der Waals surface area contributed by atoms with E-state index in [0.717, 1.165) is 11.1 Å². The third-order valence-electron chi connectivity index (χ3n) is 2.33. The molecule has 0 unspecified atom stereocenters. The summed E-state index contributed by atoms with van der Waals surface area (Å²) in [6.45, 7) is 0. The highest BCUT2D eigenvalue weighted by Gasteiger charge is 2.33. The van der Waals surface area contributed by atoms with Gasteiger partial charge >= 0.3 is 0 Å². The van der Waals surface area contributed by atoms with Crippen LogP contribution in [0.15, 0.2) is 24.3 Å². The van der Waals surface area contributed by atoms with E-state index in [2.05, 4.69) is 0 Å². The van der Waals surface area contributed by atoms with Gasteiger partial charge in [0.1, 0.15) is 0 Å². The van der Waals surface area contributed by atoms with E-state index in [1.165, 1.54) is 0 Å². The first-order valence-electron chi connectivity index (χ1n) is 4.12. The summed E-state index contributed by atoms with van der Waals surface area (Å²) < 4.78 is 25.8. The Balaban J connectivity index is 2.35. The minimum Gasteiger partial charge on any atom is -0.207 e. The van der Waals surface area contributed by atoms with E-state index in [0.29, 0.717) is 6.42 Å². The number of aryl methyl sites for hydroxylation is 1. The zero-order valence-corrected chi connectivity index (χ0v) is 6.69. The maximum Gasteiger partial charge on any atom is 0.252 e. The summed E-state index contributed by atoms with van der Waals surface area (Å²) in [4.78, 5) is 0. The number of hydrogen-bond donors (Lipinski definition) is 0. The Morgan fingerprint density at radius 2 is 1.75 bits per heavy atom. The summed E-state index contributed by atoms with van der Waals surface area (Å²) in [7, 11) is 0. The molecule has 0 radical (unpaired) electrons. The fraction of sp³-hybridized carbons (Fsp3) is 0.400. The summed E-state index contributed by atoms with van der Waals surface area (Å²) in [6, 6.07) is 7.45. The van der Waals surface area contributed by atoms with Crippen LogP contribution in [0.5, 0.6) is 0 Å². The Bertz CT molecular complexity index is 292. The molecule has 12 heavy (non-hydrogen) atoms. The van der Waals surface area contributed by atoms with E-state index in [1.54, 1.807) is 6.07 Å². The van der Waals surface area contributed by atoms with Gasteiger partial charge in [0.05, 0.1) is 0 Å². The molecular weight excluding hydrogens is 158 g/mol. The van der Waals surface area contributed by atoms with Crippen LogP contribution < -0.4 is 0 Å². The average Bonchev–Trinajstić information content (AvgIpc) is 2.02. The van der Waals surface area contributed by atoms with Gasteiger partial charge in [-0.2, -0.15) is 0 Å². The van der Waals surface area contributed by atoms with Crippen molar-refractivity contribution in [2.45, 2.75) is 25.2 Å². The van der Waals surface area contributed by atoms with Gasteiger partial charge in [-0.05, 0) is 17.5 Å². The van der Waals surface area contributed by atoms with Crippen molar-refractivity contribution < 1.29 is 8.78 Å². The molecule has 0 spiro atoms. The smallest absolute Gasteiger partial charge is 0.207 e. The molecule has 2 heteroatoms. The molecule has 1 aromatic rings. The Morgan fingerprint density at radius 3 is 2.50 bits per heavy atom. The summed E-state index contributed by atoms with van der Waals surface area (Å²) in [5, 5.41) is 0. The molecule has 0 N–H and O–H groups in total. The molecule has 64 valence electrons. The van der Waals surface area contributed by atoms with E-state index in [-0.39, 0.29) is 12.8 Å². The molecule has 2 rings (SSSR count). The first kappa shape index (κ1) is 7.71. The van der Waals surface area contributed by atoms with Crippen molar-refractivity contribution in [1.29, 1.82) is 0 Å². The molecule has 0 amide bonds. The van der Waals surface area contributed by atoms with Gasteiger partial charge in [-0.1, -0.05) is 24.3 Å².